The smallest absolute Gasteiger partial charge is 0.305 e. The van der Waals surface area contributed by atoms with Crippen LogP contribution in [0.3, 0.4) is 0 Å². The highest BCUT2D eigenvalue weighted by Crippen LogP contribution is 2.44. The third-order valence-electron chi connectivity index (χ3n) is 5.29. The fourth-order valence-electron chi connectivity index (χ4n) is 3.93. The van der Waals surface area contributed by atoms with Crippen LogP contribution in [0.5, 0.6) is 17.2 Å². The largest absolute Gasteiger partial charge is 0.491 e. The number of carbonyl (C=O) groups is 2. The van der Waals surface area contributed by atoms with Gasteiger partial charge in [0.1, 0.15) is 17.2 Å². The second kappa shape index (κ2) is 9.14. The molecule has 0 fully saturated rings. The van der Waals surface area contributed by atoms with Crippen LogP contribution in [0.2, 0.25) is 0 Å². The van der Waals surface area contributed by atoms with Crippen molar-refractivity contribution in [3.8, 4) is 17.2 Å². The van der Waals surface area contributed by atoms with E-state index in [0.717, 1.165) is 11.1 Å². The number of para-hydroxylation sites is 2. The number of ether oxygens (including phenoxy) is 2. The fraction of sp³-hybridized carbons (Fsp3) is 0.231. The summed E-state index contributed by atoms with van der Waals surface area (Å²) in [5.74, 6) is 0.0626. The number of fused-ring (bicyclic) bond motifs is 2. The topological polar surface area (TPSA) is 84.9 Å². The Morgan fingerprint density at radius 2 is 1.50 bits per heavy atom. The van der Waals surface area contributed by atoms with Crippen LogP contribution in [-0.2, 0) is 9.59 Å². The van der Waals surface area contributed by atoms with Gasteiger partial charge in [0.05, 0.1) is 24.5 Å². The standard InChI is InChI=1S/C26H25NO5/c1-16(2)31-18-13-11-17(12-14-18)21(15-24(28)29)27-26(30)25-19-7-3-5-9-22(19)32-23-10-6-4-8-20(23)25/h3-14,16,21,25H,15H2,1-2H3,(H,27,30)(H,28,29). The molecule has 4 rings (SSSR count). The van der Waals surface area contributed by atoms with Crippen LogP contribution in [0, 0.1) is 0 Å². The Kier molecular flexibility index (Phi) is 6.12. The van der Waals surface area contributed by atoms with Gasteiger partial charge in [-0.2, -0.15) is 0 Å². The molecule has 1 atom stereocenters. The van der Waals surface area contributed by atoms with Gasteiger partial charge in [-0.1, -0.05) is 48.5 Å². The molecule has 6 nitrogen and oxygen atoms in total. The van der Waals surface area contributed by atoms with Crippen molar-refractivity contribution in [3.63, 3.8) is 0 Å². The number of carboxylic acid groups (broad SMARTS) is 1. The predicted molar refractivity (Wildman–Crippen MR) is 120 cm³/mol. The third kappa shape index (κ3) is 4.59. The Morgan fingerprint density at radius 3 is 2.03 bits per heavy atom. The van der Waals surface area contributed by atoms with Crippen molar-refractivity contribution in [3.05, 3.63) is 89.5 Å². The molecule has 3 aromatic rings. The van der Waals surface area contributed by atoms with Crippen LogP contribution in [-0.4, -0.2) is 23.1 Å². The summed E-state index contributed by atoms with van der Waals surface area (Å²) in [6, 6.07) is 21.3. The lowest BCUT2D eigenvalue weighted by atomic mass is 9.86. The molecule has 164 valence electrons. The third-order valence-corrected chi connectivity index (χ3v) is 5.29. The van der Waals surface area contributed by atoms with E-state index in [9.17, 15) is 14.7 Å². The second-order valence-corrected chi connectivity index (χ2v) is 8.01. The normalized spacial score (nSPS) is 13.5. The van der Waals surface area contributed by atoms with Gasteiger partial charge < -0.3 is 19.9 Å². The van der Waals surface area contributed by atoms with E-state index in [1.165, 1.54) is 0 Å². The molecule has 1 heterocycles. The molecular formula is C26H25NO5. The average Bonchev–Trinajstić information content (AvgIpc) is 2.76. The van der Waals surface area contributed by atoms with E-state index >= 15 is 0 Å². The average molecular weight is 431 g/mol. The van der Waals surface area contributed by atoms with Crippen molar-refractivity contribution in [1.29, 1.82) is 0 Å². The number of aliphatic carboxylic acids is 1. The van der Waals surface area contributed by atoms with Crippen molar-refractivity contribution in [1.82, 2.24) is 5.32 Å². The molecule has 1 amide bonds. The lowest BCUT2D eigenvalue weighted by molar-refractivity contribution is -0.137. The van der Waals surface area contributed by atoms with Crippen LogP contribution in [0.15, 0.2) is 72.8 Å². The second-order valence-electron chi connectivity index (χ2n) is 8.01. The molecule has 0 aliphatic carbocycles. The van der Waals surface area contributed by atoms with Gasteiger partial charge in [-0.25, -0.2) is 0 Å². The first-order chi connectivity index (χ1) is 15.4. The van der Waals surface area contributed by atoms with Gasteiger partial charge in [-0.05, 0) is 43.7 Å². The first-order valence-electron chi connectivity index (χ1n) is 10.6. The first kappa shape index (κ1) is 21.4. The van der Waals surface area contributed by atoms with E-state index in [4.69, 9.17) is 9.47 Å². The van der Waals surface area contributed by atoms with E-state index in [2.05, 4.69) is 5.32 Å². The number of hydrogen-bond acceptors (Lipinski definition) is 4. The lowest BCUT2D eigenvalue weighted by Gasteiger charge is -2.29. The number of nitrogens with one attached hydrogen (secondary N) is 1. The summed E-state index contributed by atoms with van der Waals surface area (Å²) in [5.41, 5.74) is 2.20. The van der Waals surface area contributed by atoms with Gasteiger partial charge in [-0.15, -0.1) is 0 Å². The zero-order chi connectivity index (χ0) is 22.7. The molecule has 1 aliphatic heterocycles. The highest BCUT2D eigenvalue weighted by atomic mass is 16.5. The van der Waals surface area contributed by atoms with Crippen LogP contribution >= 0.6 is 0 Å². The number of carbonyl (C=O) groups excluding carboxylic acids is 1. The minimum Gasteiger partial charge on any atom is -0.491 e. The number of carboxylic acids is 1. The molecule has 0 spiro atoms. The Hall–Kier alpha value is -3.80. The molecule has 0 bridgehead atoms. The SMILES string of the molecule is CC(C)Oc1ccc(C(CC(=O)O)NC(=O)C2c3ccccc3Oc3ccccc32)cc1. The number of hydrogen-bond donors (Lipinski definition) is 2. The zero-order valence-corrected chi connectivity index (χ0v) is 17.9. The molecule has 1 unspecified atom stereocenters. The molecule has 0 saturated heterocycles. The van der Waals surface area contributed by atoms with Gasteiger partial charge in [0.2, 0.25) is 5.91 Å². The molecule has 32 heavy (non-hydrogen) atoms. The zero-order valence-electron chi connectivity index (χ0n) is 17.9. The lowest BCUT2D eigenvalue weighted by Crippen LogP contribution is -2.35. The summed E-state index contributed by atoms with van der Waals surface area (Å²) in [7, 11) is 0. The van der Waals surface area contributed by atoms with Crippen molar-refractivity contribution in [2.75, 3.05) is 0 Å². The molecule has 2 N–H and O–H groups in total. The molecular weight excluding hydrogens is 406 g/mol. The van der Waals surface area contributed by atoms with E-state index in [1.54, 1.807) is 24.3 Å². The minimum absolute atomic E-state index is 0.0315. The predicted octanol–water partition coefficient (Wildman–Crippen LogP) is 5.04. The Labute approximate surface area is 186 Å². The van der Waals surface area contributed by atoms with Gasteiger partial charge in [0.15, 0.2) is 0 Å². The maximum atomic E-state index is 13.5. The molecule has 0 radical (unpaired) electrons. The Balaban J connectivity index is 1.64. The summed E-state index contributed by atoms with van der Waals surface area (Å²) in [4.78, 5) is 25.1. The monoisotopic (exact) mass is 431 g/mol. The quantitative estimate of drug-likeness (QED) is 0.547. The molecule has 0 saturated carbocycles. The van der Waals surface area contributed by atoms with E-state index in [1.807, 2.05) is 62.4 Å². The van der Waals surface area contributed by atoms with Gasteiger partial charge in [0.25, 0.3) is 0 Å². The first-order valence-corrected chi connectivity index (χ1v) is 10.6. The van der Waals surface area contributed by atoms with Crippen molar-refractivity contribution >= 4 is 11.9 Å². The van der Waals surface area contributed by atoms with Crippen molar-refractivity contribution < 1.29 is 24.2 Å². The van der Waals surface area contributed by atoms with Gasteiger partial charge in [0, 0.05) is 11.1 Å². The number of benzene rings is 3. The number of rotatable bonds is 7. The van der Waals surface area contributed by atoms with Gasteiger partial charge >= 0.3 is 5.97 Å². The van der Waals surface area contributed by atoms with Crippen LogP contribution in [0.4, 0.5) is 0 Å². The summed E-state index contributed by atoms with van der Waals surface area (Å²) in [6.45, 7) is 3.87. The van der Waals surface area contributed by atoms with Crippen LogP contribution < -0.4 is 14.8 Å². The Morgan fingerprint density at radius 1 is 0.938 bits per heavy atom. The fourth-order valence-corrected chi connectivity index (χ4v) is 3.93. The highest BCUT2D eigenvalue weighted by molar-refractivity contribution is 5.90. The summed E-state index contributed by atoms with van der Waals surface area (Å²) in [6.07, 6.45) is -0.202. The molecule has 1 aliphatic rings. The summed E-state index contributed by atoms with van der Waals surface area (Å²) >= 11 is 0. The van der Waals surface area contributed by atoms with Crippen molar-refractivity contribution in [2.24, 2.45) is 0 Å². The highest BCUT2D eigenvalue weighted by Gasteiger charge is 2.33. The Bertz CT molecular complexity index is 1080. The van der Waals surface area contributed by atoms with Crippen LogP contribution in [0.1, 0.15) is 48.9 Å². The van der Waals surface area contributed by atoms with E-state index in [-0.39, 0.29) is 18.4 Å². The summed E-state index contributed by atoms with van der Waals surface area (Å²) < 4.78 is 11.6. The van der Waals surface area contributed by atoms with E-state index < -0.39 is 17.9 Å². The maximum absolute atomic E-state index is 13.5. The number of amides is 1. The van der Waals surface area contributed by atoms with Crippen LogP contribution in [0.25, 0.3) is 0 Å². The minimum atomic E-state index is -0.995. The van der Waals surface area contributed by atoms with E-state index in [0.29, 0.717) is 22.8 Å². The summed E-state index contributed by atoms with van der Waals surface area (Å²) in [5, 5.41) is 12.4. The van der Waals surface area contributed by atoms with Crippen molar-refractivity contribution in [2.45, 2.75) is 38.3 Å². The molecule has 3 aromatic carbocycles. The maximum Gasteiger partial charge on any atom is 0.305 e. The molecule has 0 aromatic heterocycles. The van der Waals surface area contributed by atoms with Gasteiger partial charge in [-0.3, -0.25) is 9.59 Å². The molecule has 6 heteroatoms.